The van der Waals surface area contributed by atoms with Crippen LogP contribution >= 0.6 is 0 Å². The zero-order chi connectivity index (χ0) is 12.4. The molecule has 1 aromatic rings. The second-order valence-corrected chi connectivity index (χ2v) is 4.26. The van der Waals surface area contributed by atoms with E-state index in [1.54, 1.807) is 0 Å². The summed E-state index contributed by atoms with van der Waals surface area (Å²) < 4.78 is 0. The maximum atomic E-state index is 9.52. The van der Waals surface area contributed by atoms with Crippen LogP contribution in [0.5, 0.6) is 0 Å². The molecule has 0 bridgehead atoms. The molecule has 1 aliphatic heterocycles. The monoisotopic (exact) mass is 238 g/mol. The minimum atomic E-state index is -0.701. The molecule has 0 amide bonds. The number of rotatable bonds is 3. The summed E-state index contributed by atoms with van der Waals surface area (Å²) in [5.74, 6) is 1.32. The average Bonchev–Trinajstić information content (AvgIpc) is 2.59. The summed E-state index contributed by atoms with van der Waals surface area (Å²) in [6.45, 7) is 5.45. The normalized spacial score (nSPS) is 24.1. The molecule has 17 heavy (non-hydrogen) atoms. The first kappa shape index (κ1) is 12.1. The predicted molar refractivity (Wildman–Crippen MR) is 65.2 cm³/mol. The standard InChI is InChI=1S/C11H18N4O2/c1-3-12-11-13-7(2)4-10(14-11)15-5-8(16)9(17)6-15/h4,8-9,16-17H,3,5-6H2,1-2H3,(H,12,13,14). The van der Waals surface area contributed by atoms with Crippen LogP contribution in [0.4, 0.5) is 11.8 Å². The summed E-state index contributed by atoms with van der Waals surface area (Å²) in [4.78, 5) is 10.5. The lowest BCUT2D eigenvalue weighted by Crippen LogP contribution is -2.23. The van der Waals surface area contributed by atoms with Crippen LogP contribution in [0.15, 0.2) is 6.07 Å². The molecule has 2 unspecified atom stereocenters. The predicted octanol–water partition coefficient (Wildman–Crippen LogP) is -0.241. The summed E-state index contributed by atoms with van der Waals surface area (Å²) >= 11 is 0. The number of hydrogen-bond donors (Lipinski definition) is 3. The smallest absolute Gasteiger partial charge is 0.224 e. The number of β-amino-alcohol motifs (C(OH)–C–C–N with tert-alkyl or cyclic N) is 2. The number of aliphatic hydroxyl groups is 2. The molecule has 1 fully saturated rings. The minimum absolute atomic E-state index is 0.406. The molecule has 2 atom stereocenters. The lowest BCUT2D eigenvalue weighted by molar-refractivity contribution is 0.0572. The zero-order valence-corrected chi connectivity index (χ0v) is 10.1. The van der Waals surface area contributed by atoms with Gasteiger partial charge in [-0.1, -0.05) is 0 Å². The molecule has 1 aliphatic rings. The number of nitrogens with one attached hydrogen (secondary N) is 1. The first-order valence-corrected chi connectivity index (χ1v) is 5.80. The van der Waals surface area contributed by atoms with Crippen LogP contribution in [-0.4, -0.2) is 52.0 Å². The molecular formula is C11H18N4O2. The Labute approximate surface area is 100 Å². The quantitative estimate of drug-likeness (QED) is 0.674. The number of hydrogen-bond acceptors (Lipinski definition) is 6. The Balaban J connectivity index is 2.20. The maximum absolute atomic E-state index is 9.52. The number of anilines is 2. The highest BCUT2D eigenvalue weighted by Crippen LogP contribution is 2.20. The second-order valence-electron chi connectivity index (χ2n) is 4.26. The third kappa shape index (κ3) is 2.65. The van der Waals surface area contributed by atoms with Gasteiger partial charge in [-0.3, -0.25) is 0 Å². The Bertz CT molecular complexity index is 389. The highest BCUT2D eigenvalue weighted by atomic mass is 16.3. The van der Waals surface area contributed by atoms with Gasteiger partial charge in [0.15, 0.2) is 0 Å². The summed E-state index contributed by atoms with van der Waals surface area (Å²) in [5.41, 5.74) is 0.863. The van der Waals surface area contributed by atoms with Gasteiger partial charge in [0.25, 0.3) is 0 Å². The van der Waals surface area contributed by atoms with Crippen LogP contribution in [-0.2, 0) is 0 Å². The first-order chi connectivity index (χ1) is 8.10. The molecule has 2 rings (SSSR count). The highest BCUT2D eigenvalue weighted by Gasteiger charge is 2.30. The Morgan fingerprint density at radius 2 is 2.00 bits per heavy atom. The van der Waals surface area contributed by atoms with Crippen molar-refractivity contribution in [2.75, 3.05) is 29.9 Å². The minimum Gasteiger partial charge on any atom is -0.389 e. The van der Waals surface area contributed by atoms with Crippen LogP contribution in [0.2, 0.25) is 0 Å². The lowest BCUT2D eigenvalue weighted by Gasteiger charge is -2.17. The van der Waals surface area contributed by atoms with Crippen molar-refractivity contribution >= 4 is 11.8 Å². The molecule has 6 heteroatoms. The van der Waals surface area contributed by atoms with Gasteiger partial charge in [0.05, 0.1) is 12.2 Å². The van der Waals surface area contributed by atoms with Gasteiger partial charge in [0, 0.05) is 31.4 Å². The fourth-order valence-electron chi connectivity index (χ4n) is 1.91. The molecular weight excluding hydrogens is 220 g/mol. The molecule has 1 aromatic heterocycles. The van der Waals surface area contributed by atoms with E-state index in [0.29, 0.717) is 19.0 Å². The van der Waals surface area contributed by atoms with E-state index in [9.17, 15) is 10.2 Å². The van der Waals surface area contributed by atoms with E-state index in [1.807, 2.05) is 24.8 Å². The lowest BCUT2D eigenvalue weighted by atomic mass is 10.3. The SMILES string of the molecule is CCNc1nc(C)cc(N2CC(O)C(O)C2)n1. The fourth-order valence-corrected chi connectivity index (χ4v) is 1.91. The van der Waals surface area contributed by atoms with Crippen LogP contribution in [0.1, 0.15) is 12.6 Å². The highest BCUT2D eigenvalue weighted by molar-refractivity contribution is 5.46. The van der Waals surface area contributed by atoms with Gasteiger partial charge < -0.3 is 20.4 Å². The third-order valence-corrected chi connectivity index (χ3v) is 2.76. The van der Waals surface area contributed by atoms with Gasteiger partial charge in [-0.2, -0.15) is 4.98 Å². The summed E-state index contributed by atoms with van der Waals surface area (Å²) in [7, 11) is 0. The Morgan fingerprint density at radius 3 is 2.59 bits per heavy atom. The van der Waals surface area contributed by atoms with Crippen molar-refractivity contribution in [3.8, 4) is 0 Å². The molecule has 0 saturated carbocycles. The van der Waals surface area contributed by atoms with E-state index in [-0.39, 0.29) is 0 Å². The van der Waals surface area contributed by atoms with E-state index in [1.165, 1.54) is 0 Å². The van der Waals surface area contributed by atoms with Crippen molar-refractivity contribution in [3.63, 3.8) is 0 Å². The number of aryl methyl sites for hydroxylation is 1. The van der Waals surface area contributed by atoms with Crippen LogP contribution in [0, 0.1) is 6.92 Å². The van der Waals surface area contributed by atoms with Gasteiger partial charge in [-0.25, -0.2) is 4.98 Å². The van der Waals surface area contributed by atoms with E-state index >= 15 is 0 Å². The van der Waals surface area contributed by atoms with Gasteiger partial charge in [0.2, 0.25) is 5.95 Å². The van der Waals surface area contributed by atoms with Crippen LogP contribution in [0.25, 0.3) is 0 Å². The molecule has 0 aliphatic carbocycles. The van der Waals surface area contributed by atoms with Crippen molar-refractivity contribution in [3.05, 3.63) is 11.8 Å². The average molecular weight is 238 g/mol. The summed E-state index contributed by atoms with van der Waals surface area (Å²) in [6.07, 6.45) is -1.40. The molecule has 0 spiro atoms. The van der Waals surface area contributed by atoms with Gasteiger partial charge in [0.1, 0.15) is 5.82 Å². The topological polar surface area (TPSA) is 81.5 Å². The second kappa shape index (κ2) is 4.85. The van der Waals surface area contributed by atoms with Gasteiger partial charge in [-0.05, 0) is 13.8 Å². The maximum Gasteiger partial charge on any atom is 0.224 e. The molecule has 3 N–H and O–H groups in total. The number of aliphatic hydroxyl groups excluding tert-OH is 2. The van der Waals surface area contributed by atoms with Crippen molar-refractivity contribution < 1.29 is 10.2 Å². The summed E-state index contributed by atoms with van der Waals surface area (Å²) in [6, 6.07) is 1.85. The van der Waals surface area contributed by atoms with E-state index in [2.05, 4.69) is 15.3 Å². The van der Waals surface area contributed by atoms with Crippen LogP contribution in [0.3, 0.4) is 0 Å². The Morgan fingerprint density at radius 1 is 1.35 bits per heavy atom. The first-order valence-electron chi connectivity index (χ1n) is 5.80. The molecule has 94 valence electrons. The molecule has 1 saturated heterocycles. The third-order valence-electron chi connectivity index (χ3n) is 2.76. The van der Waals surface area contributed by atoms with Crippen molar-refractivity contribution in [1.82, 2.24) is 9.97 Å². The largest absolute Gasteiger partial charge is 0.389 e. The van der Waals surface area contributed by atoms with Gasteiger partial charge in [-0.15, -0.1) is 0 Å². The summed E-state index contributed by atoms with van der Waals surface area (Å²) in [5, 5.41) is 22.1. The zero-order valence-electron chi connectivity index (χ0n) is 10.1. The molecule has 0 aromatic carbocycles. The molecule has 6 nitrogen and oxygen atoms in total. The van der Waals surface area contributed by atoms with E-state index in [0.717, 1.165) is 18.1 Å². The van der Waals surface area contributed by atoms with E-state index < -0.39 is 12.2 Å². The molecule has 0 radical (unpaired) electrons. The van der Waals surface area contributed by atoms with Crippen LogP contribution < -0.4 is 10.2 Å². The van der Waals surface area contributed by atoms with Crippen molar-refractivity contribution in [2.24, 2.45) is 0 Å². The number of aromatic nitrogens is 2. The number of nitrogens with zero attached hydrogens (tertiary/aromatic N) is 3. The van der Waals surface area contributed by atoms with Gasteiger partial charge >= 0.3 is 0 Å². The Hall–Kier alpha value is -1.40. The van der Waals surface area contributed by atoms with Crippen molar-refractivity contribution in [1.29, 1.82) is 0 Å². The molecule has 2 heterocycles. The van der Waals surface area contributed by atoms with E-state index in [4.69, 9.17) is 0 Å². The Kier molecular flexibility index (Phi) is 3.44. The fraction of sp³-hybridized carbons (Fsp3) is 0.636. The van der Waals surface area contributed by atoms with Crippen molar-refractivity contribution in [2.45, 2.75) is 26.1 Å².